The molecule has 0 fully saturated rings. The largest absolute Gasteiger partial charge is 0.465 e. The zero-order valence-corrected chi connectivity index (χ0v) is 11.7. The average molecular weight is 307 g/mol. The number of carbonyl (C=O) groups excluding carboxylic acids is 1. The van der Waals surface area contributed by atoms with Gasteiger partial charge in [-0.3, -0.25) is 10.1 Å². The van der Waals surface area contributed by atoms with Gasteiger partial charge in [-0.2, -0.15) is 4.39 Å². The van der Waals surface area contributed by atoms with Gasteiger partial charge in [-0.05, 0) is 36.4 Å². The van der Waals surface area contributed by atoms with Crippen LogP contribution in [-0.4, -0.2) is 18.0 Å². The zero-order chi connectivity index (χ0) is 15.4. The first-order valence-electron chi connectivity index (χ1n) is 5.81. The highest BCUT2D eigenvalue weighted by molar-refractivity contribution is 7.99. The van der Waals surface area contributed by atoms with Crippen LogP contribution in [0.15, 0.2) is 52.3 Å². The molecule has 0 spiro atoms. The Hall–Kier alpha value is -2.41. The molecule has 0 saturated heterocycles. The molecule has 0 aliphatic carbocycles. The van der Waals surface area contributed by atoms with E-state index >= 15 is 0 Å². The van der Waals surface area contributed by atoms with Crippen LogP contribution in [0.25, 0.3) is 0 Å². The Labute approximate surface area is 123 Å². The number of halogens is 1. The highest BCUT2D eigenvalue weighted by atomic mass is 32.2. The molecule has 2 aromatic carbocycles. The van der Waals surface area contributed by atoms with Crippen LogP contribution in [0.2, 0.25) is 0 Å². The second-order valence-electron chi connectivity index (χ2n) is 3.99. The number of hydrogen-bond donors (Lipinski definition) is 0. The summed E-state index contributed by atoms with van der Waals surface area (Å²) >= 11 is 1.24. The van der Waals surface area contributed by atoms with E-state index in [1.807, 2.05) is 0 Å². The van der Waals surface area contributed by atoms with Crippen molar-refractivity contribution in [1.82, 2.24) is 0 Å². The molecule has 0 unspecified atom stereocenters. The predicted molar refractivity (Wildman–Crippen MR) is 75.0 cm³/mol. The van der Waals surface area contributed by atoms with E-state index in [0.717, 1.165) is 17.0 Å². The number of nitro groups is 1. The SMILES string of the molecule is COC(=O)c1ccc(Sc2ccc([N+](=O)[O-])c(F)c2)cc1. The molecule has 0 heterocycles. The number of benzene rings is 2. The third kappa shape index (κ3) is 3.57. The van der Waals surface area contributed by atoms with Gasteiger partial charge in [0.2, 0.25) is 5.82 Å². The van der Waals surface area contributed by atoms with E-state index in [1.165, 1.54) is 24.9 Å². The Balaban J connectivity index is 2.17. The van der Waals surface area contributed by atoms with Crippen molar-refractivity contribution in [1.29, 1.82) is 0 Å². The summed E-state index contributed by atoms with van der Waals surface area (Å²) in [6, 6.07) is 10.3. The summed E-state index contributed by atoms with van der Waals surface area (Å²) in [5.74, 6) is -1.32. The number of hydrogen-bond acceptors (Lipinski definition) is 5. The third-order valence-electron chi connectivity index (χ3n) is 2.63. The van der Waals surface area contributed by atoms with Gasteiger partial charge in [0.15, 0.2) is 0 Å². The van der Waals surface area contributed by atoms with Crippen molar-refractivity contribution < 1.29 is 18.8 Å². The van der Waals surface area contributed by atoms with E-state index in [2.05, 4.69) is 4.74 Å². The minimum atomic E-state index is -0.879. The lowest BCUT2D eigenvalue weighted by molar-refractivity contribution is -0.387. The van der Waals surface area contributed by atoms with Gasteiger partial charge in [-0.1, -0.05) is 11.8 Å². The van der Waals surface area contributed by atoms with Gasteiger partial charge in [-0.15, -0.1) is 0 Å². The fraction of sp³-hybridized carbons (Fsp3) is 0.0714. The van der Waals surface area contributed by atoms with Crippen LogP contribution in [-0.2, 0) is 4.74 Å². The molecule has 7 heteroatoms. The summed E-state index contributed by atoms with van der Waals surface area (Å²) in [5.41, 5.74) is -0.142. The molecule has 0 aliphatic heterocycles. The molecule has 21 heavy (non-hydrogen) atoms. The van der Waals surface area contributed by atoms with Crippen LogP contribution in [0, 0.1) is 15.9 Å². The first-order chi connectivity index (χ1) is 10.0. The van der Waals surface area contributed by atoms with Crippen molar-refractivity contribution in [3.63, 3.8) is 0 Å². The standard InChI is InChI=1S/C14H10FNO4S/c1-20-14(17)9-2-4-10(5-3-9)21-11-6-7-13(16(18)19)12(15)8-11/h2-8H,1H3. The summed E-state index contributed by atoms with van der Waals surface area (Å²) in [6.07, 6.45) is 0. The topological polar surface area (TPSA) is 69.4 Å². The van der Waals surface area contributed by atoms with E-state index < -0.39 is 22.4 Å². The quantitative estimate of drug-likeness (QED) is 0.489. The number of rotatable bonds is 4. The van der Waals surface area contributed by atoms with Gasteiger partial charge >= 0.3 is 11.7 Å². The Bertz CT molecular complexity index is 688. The molecule has 0 bridgehead atoms. The molecule has 0 aliphatic rings. The maximum absolute atomic E-state index is 13.5. The molecule has 0 N–H and O–H groups in total. The average Bonchev–Trinajstić information content (AvgIpc) is 2.47. The van der Waals surface area contributed by atoms with E-state index in [-0.39, 0.29) is 0 Å². The summed E-state index contributed by atoms with van der Waals surface area (Å²) in [6.45, 7) is 0. The first-order valence-corrected chi connectivity index (χ1v) is 6.63. The number of carbonyl (C=O) groups is 1. The molecular weight excluding hydrogens is 297 g/mol. The Morgan fingerprint density at radius 2 is 1.81 bits per heavy atom. The van der Waals surface area contributed by atoms with Crippen LogP contribution in [0.4, 0.5) is 10.1 Å². The molecule has 2 rings (SSSR count). The predicted octanol–water partition coefficient (Wildman–Crippen LogP) is 3.67. The lowest BCUT2D eigenvalue weighted by Gasteiger charge is -2.04. The van der Waals surface area contributed by atoms with Crippen LogP contribution < -0.4 is 0 Å². The Morgan fingerprint density at radius 1 is 1.19 bits per heavy atom. The lowest BCUT2D eigenvalue weighted by atomic mass is 10.2. The second kappa shape index (κ2) is 6.36. The monoisotopic (exact) mass is 307 g/mol. The molecule has 0 saturated carbocycles. The molecule has 0 amide bonds. The van der Waals surface area contributed by atoms with Crippen molar-refractivity contribution >= 4 is 23.4 Å². The Kier molecular flexibility index (Phi) is 4.54. The van der Waals surface area contributed by atoms with Gasteiger partial charge in [-0.25, -0.2) is 4.79 Å². The van der Waals surface area contributed by atoms with Gasteiger partial charge in [0.1, 0.15) is 0 Å². The molecule has 2 aromatic rings. The number of esters is 1. The van der Waals surface area contributed by atoms with Crippen LogP contribution in [0.3, 0.4) is 0 Å². The second-order valence-corrected chi connectivity index (χ2v) is 5.14. The number of nitro benzene ring substituents is 1. The Morgan fingerprint density at radius 3 is 2.33 bits per heavy atom. The first kappa shape index (κ1) is 15.0. The van der Waals surface area contributed by atoms with Crippen LogP contribution in [0.5, 0.6) is 0 Å². The van der Waals surface area contributed by atoms with Gasteiger partial charge in [0.25, 0.3) is 0 Å². The minimum Gasteiger partial charge on any atom is -0.465 e. The minimum absolute atomic E-state index is 0.414. The van der Waals surface area contributed by atoms with Crippen molar-refractivity contribution in [3.05, 3.63) is 64.0 Å². The van der Waals surface area contributed by atoms with Crippen LogP contribution >= 0.6 is 11.8 Å². The maximum Gasteiger partial charge on any atom is 0.337 e. The molecule has 108 valence electrons. The van der Waals surface area contributed by atoms with E-state index in [9.17, 15) is 19.3 Å². The number of ether oxygens (including phenoxy) is 1. The maximum atomic E-state index is 13.5. The van der Waals surface area contributed by atoms with Crippen molar-refractivity contribution in [2.24, 2.45) is 0 Å². The zero-order valence-electron chi connectivity index (χ0n) is 10.9. The fourth-order valence-electron chi connectivity index (χ4n) is 1.61. The highest BCUT2D eigenvalue weighted by Crippen LogP contribution is 2.30. The smallest absolute Gasteiger partial charge is 0.337 e. The molecule has 0 radical (unpaired) electrons. The summed E-state index contributed by atoms with van der Waals surface area (Å²) < 4.78 is 18.1. The molecule has 0 atom stereocenters. The third-order valence-corrected chi connectivity index (χ3v) is 3.62. The van der Waals surface area contributed by atoms with E-state index in [0.29, 0.717) is 10.5 Å². The van der Waals surface area contributed by atoms with Crippen molar-refractivity contribution in [2.75, 3.05) is 7.11 Å². The summed E-state index contributed by atoms with van der Waals surface area (Å²) in [7, 11) is 1.30. The normalized spacial score (nSPS) is 10.2. The summed E-state index contributed by atoms with van der Waals surface area (Å²) in [5, 5.41) is 10.5. The van der Waals surface area contributed by atoms with E-state index in [1.54, 1.807) is 24.3 Å². The van der Waals surface area contributed by atoms with Crippen molar-refractivity contribution in [2.45, 2.75) is 9.79 Å². The van der Waals surface area contributed by atoms with Gasteiger partial charge in [0.05, 0.1) is 17.6 Å². The van der Waals surface area contributed by atoms with Crippen molar-refractivity contribution in [3.8, 4) is 0 Å². The van der Waals surface area contributed by atoms with E-state index in [4.69, 9.17) is 0 Å². The molecule has 0 aromatic heterocycles. The van der Waals surface area contributed by atoms with Gasteiger partial charge in [0, 0.05) is 15.9 Å². The summed E-state index contributed by atoms with van der Waals surface area (Å²) in [4.78, 5) is 22.4. The highest BCUT2D eigenvalue weighted by Gasteiger charge is 2.14. The lowest BCUT2D eigenvalue weighted by Crippen LogP contribution is -2.00. The number of nitrogens with zero attached hydrogens (tertiary/aromatic N) is 1. The van der Waals surface area contributed by atoms with Gasteiger partial charge < -0.3 is 4.74 Å². The molecular formula is C14H10FNO4S. The number of methoxy groups -OCH3 is 1. The fourth-order valence-corrected chi connectivity index (χ4v) is 2.45. The molecule has 5 nitrogen and oxygen atoms in total. The van der Waals surface area contributed by atoms with Crippen LogP contribution in [0.1, 0.15) is 10.4 Å².